The summed E-state index contributed by atoms with van der Waals surface area (Å²) >= 11 is 0. The highest BCUT2D eigenvalue weighted by atomic mass is 32.2. The molecule has 5 heteroatoms. The third-order valence-corrected chi connectivity index (χ3v) is 2.90. The molecule has 0 fully saturated rings. The standard InChI is InChI=1S/C9H19NO3S/c1-4-5-14(12,13)10-7-9(11)6-8(2)3/h4,8-11H,1,5-7H2,2-3H3. The van der Waals surface area contributed by atoms with Crippen molar-refractivity contribution in [2.24, 2.45) is 5.92 Å². The molecule has 0 saturated carbocycles. The van der Waals surface area contributed by atoms with Gasteiger partial charge in [0.1, 0.15) is 0 Å². The molecule has 0 heterocycles. The van der Waals surface area contributed by atoms with Gasteiger partial charge in [-0.15, -0.1) is 6.58 Å². The minimum atomic E-state index is -3.29. The monoisotopic (exact) mass is 221 g/mol. The normalized spacial score (nSPS) is 14.3. The summed E-state index contributed by atoms with van der Waals surface area (Å²) in [6, 6.07) is 0. The van der Waals surface area contributed by atoms with E-state index < -0.39 is 16.1 Å². The fourth-order valence-corrected chi connectivity index (χ4v) is 1.94. The third kappa shape index (κ3) is 7.06. The molecule has 0 rings (SSSR count). The zero-order valence-electron chi connectivity index (χ0n) is 8.73. The van der Waals surface area contributed by atoms with Crippen molar-refractivity contribution in [3.8, 4) is 0 Å². The molecule has 0 spiro atoms. The fraction of sp³-hybridized carbons (Fsp3) is 0.778. The van der Waals surface area contributed by atoms with Crippen LogP contribution in [0.1, 0.15) is 20.3 Å². The minimum absolute atomic E-state index is 0.0777. The van der Waals surface area contributed by atoms with Crippen LogP contribution < -0.4 is 4.72 Å². The number of sulfonamides is 1. The molecule has 0 aromatic carbocycles. The second-order valence-electron chi connectivity index (χ2n) is 3.70. The van der Waals surface area contributed by atoms with Crippen LogP contribution in [0.2, 0.25) is 0 Å². The average Bonchev–Trinajstić information content (AvgIpc) is 2.00. The summed E-state index contributed by atoms with van der Waals surface area (Å²) in [5, 5.41) is 9.40. The van der Waals surface area contributed by atoms with Crippen molar-refractivity contribution in [3.05, 3.63) is 12.7 Å². The molecule has 0 bridgehead atoms. The Hall–Kier alpha value is -0.390. The van der Waals surface area contributed by atoms with E-state index in [1.54, 1.807) is 0 Å². The van der Waals surface area contributed by atoms with Crippen LogP contribution >= 0.6 is 0 Å². The first-order valence-electron chi connectivity index (χ1n) is 4.63. The van der Waals surface area contributed by atoms with E-state index in [1.165, 1.54) is 6.08 Å². The average molecular weight is 221 g/mol. The van der Waals surface area contributed by atoms with Crippen LogP contribution in [-0.4, -0.2) is 31.9 Å². The van der Waals surface area contributed by atoms with Crippen molar-refractivity contribution in [1.29, 1.82) is 0 Å². The van der Waals surface area contributed by atoms with Crippen LogP contribution in [-0.2, 0) is 10.0 Å². The molecule has 0 saturated heterocycles. The Morgan fingerprint density at radius 1 is 1.50 bits per heavy atom. The zero-order chi connectivity index (χ0) is 11.2. The molecule has 14 heavy (non-hydrogen) atoms. The van der Waals surface area contributed by atoms with Crippen LogP contribution in [0, 0.1) is 5.92 Å². The molecule has 0 aliphatic heterocycles. The quantitative estimate of drug-likeness (QED) is 0.615. The van der Waals surface area contributed by atoms with Crippen molar-refractivity contribution in [3.63, 3.8) is 0 Å². The Morgan fingerprint density at radius 2 is 2.07 bits per heavy atom. The van der Waals surface area contributed by atoms with Crippen LogP contribution in [0.25, 0.3) is 0 Å². The van der Waals surface area contributed by atoms with E-state index in [9.17, 15) is 13.5 Å². The zero-order valence-corrected chi connectivity index (χ0v) is 9.55. The summed E-state index contributed by atoms with van der Waals surface area (Å²) in [6.45, 7) is 7.36. The molecule has 84 valence electrons. The van der Waals surface area contributed by atoms with E-state index in [-0.39, 0.29) is 12.3 Å². The maximum absolute atomic E-state index is 11.1. The molecule has 4 nitrogen and oxygen atoms in total. The van der Waals surface area contributed by atoms with Crippen LogP contribution in [0.5, 0.6) is 0 Å². The maximum Gasteiger partial charge on any atom is 0.215 e. The molecule has 0 amide bonds. The number of hydrogen-bond acceptors (Lipinski definition) is 3. The molecule has 0 aliphatic rings. The second-order valence-corrected chi connectivity index (χ2v) is 5.55. The van der Waals surface area contributed by atoms with Crippen LogP contribution in [0.3, 0.4) is 0 Å². The molecular weight excluding hydrogens is 202 g/mol. The number of rotatable bonds is 7. The van der Waals surface area contributed by atoms with Gasteiger partial charge in [0.05, 0.1) is 11.9 Å². The summed E-state index contributed by atoms with van der Waals surface area (Å²) in [4.78, 5) is 0. The van der Waals surface area contributed by atoms with Gasteiger partial charge in [-0.2, -0.15) is 0 Å². The lowest BCUT2D eigenvalue weighted by Gasteiger charge is -2.13. The van der Waals surface area contributed by atoms with E-state index in [0.29, 0.717) is 12.3 Å². The van der Waals surface area contributed by atoms with Gasteiger partial charge < -0.3 is 5.11 Å². The molecular formula is C9H19NO3S. The Kier molecular flexibility index (Phi) is 5.99. The smallest absolute Gasteiger partial charge is 0.215 e. The molecule has 0 radical (unpaired) electrons. The van der Waals surface area contributed by atoms with E-state index >= 15 is 0 Å². The highest BCUT2D eigenvalue weighted by Gasteiger charge is 2.11. The van der Waals surface area contributed by atoms with E-state index in [4.69, 9.17) is 0 Å². The summed E-state index contributed by atoms with van der Waals surface area (Å²) in [7, 11) is -3.29. The highest BCUT2D eigenvalue weighted by molar-refractivity contribution is 7.89. The number of aliphatic hydroxyl groups is 1. The summed E-state index contributed by atoms with van der Waals surface area (Å²) in [6.07, 6.45) is 1.29. The Bertz CT molecular complexity index is 259. The first-order valence-corrected chi connectivity index (χ1v) is 6.29. The van der Waals surface area contributed by atoms with Gasteiger partial charge in [0.15, 0.2) is 0 Å². The minimum Gasteiger partial charge on any atom is -0.392 e. The molecule has 2 N–H and O–H groups in total. The van der Waals surface area contributed by atoms with Gasteiger partial charge >= 0.3 is 0 Å². The third-order valence-electron chi connectivity index (χ3n) is 1.62. The van der Waals surface area contributed by atoms with Crippen LogP contribution in [0.15, 0.2) is 12.7 Å². The summed E-state index contributed by atoms with van der Waals surface area (Å²) < 4.78 is 24.6. The summed E-state index contributed by atoms with van der Waals surface area (Å²) in [5.74, 6) is 0.246. The van der Waals surface area contributed by atoms with Gasteiger partial charge in [-0.25, -0.2) is 13.1 Å². The molecule has 0 aromatic rings. The SMILES string of the molecule is C=CCS(=O)(=O)NCC(O)CC(C)C. The van der Waals surface area contributed by atoms with Gasteiger partial charge in [0.2, 0.25) is 10.0 Å². The first kappa shape index (κ1) is 13.6. The Labute approximate surface area is 86.1 Å². The highest BCUT2D eigenvalue weighted by Crippen LogP contribution is 2.03. The van der Waals surface area contributed by atoms with E-state index in [0.717, 1.165) is 0 Å². The topological polar surface area (TPSA) is 66.4 Å². The lowest BCUT2D eigenvalue weighted by Crippen LogP contribution is -2.33. The van der Waals surface area contributed by atoms with Crippen molar-refractivity contribution in [1.82, 2.24) is 4.72 Å². The van der Waals surface area contributed by atoms with E-state index in [2.05, 4.69) is 11.3 Å². The van der Waals surface area contributed by atoms with Crippen molar-refractivity contribution < 1.29 is 13.5 Å². The second kappa shape index (κ2) is 6.16. The van der Waals surface area contributed by atoms with Gasteiger partial charge in [-0.1, -0.05) is 19.9 Å². The molecule has 0 aromatic heterocycles. The lowest BCUT2D eigenvalue weighted by atomic mass is 10.1. The maximum atomic E-state index is 11.1. The fourth-order valence-electron chi connectivity index (χ4n) is 1.06. The van der Waals surface area contributed by atoms with Crippen molar-refractivity contribution in [2.75, 3.05) is 12.3 Å². The molecule has 1 atom stereocenters. The Morgan fingerprint density at radius 3 is 2.50 bits per heavy atom. The predicted molar refractivity (Wildman–Crippen MR) is 57.4 cm³/mol. The number of aliphatic hydroxyl groups excluding tert-OH is 1. The Balaban J connectivity index is 3.87. The van der Waals surface area contributed by atoms with Gasteiger partial charge in [0.25, 0.3) is 0 Å². The molecule has 1 unspecified atom stereocenters. The van der Waals surface area contributed by atoms with E-state index in [1.807, 2.05) is 13.8 Å². The van der Waals surface area contributed by atoms with Gasteiger partial charge in [0, 0.05) is 6.54 Å². The van der Waals surface area contributed by atoms with Crippen molar-refractivity contribution in [2.45, 2.75) is 26.4 Å². The number of hydrogen-bond donors (Lipinski definition) is 2. The predicted octanol–water partition coefficient (Wildman–Crippen LogP) is 0.499. The largest absolute Gasteiger partial charge is 0.392 e. The summed E-state index contributed by atoms with van der Waals surface area (Å²) in [5.41, 5.74) is 0. The molecule has 0 aliphatic carbocycles. The number of nitrogens with one attached hydrogen (secondary N) is 1. The van der Waals surface area contributed by atoms with Crippen LogP contribution in [0.4, 0.5) is 0 Å². The lowest BCUT2D eigenvalue weighted by molar-refractivity contribution is 0.152. The first-order chi connectivity index (χ1) is 6.37. The van der Waals surface area contributed by atoms with Gasteiger partial charge in [-0.05, 0) is 12.3 Å². The van der Waals surface area contributed by atoms with Gasteiger partial charge in [-0.3, -0.25) is 0 Å². The van der Waals surface area contributed by atoms with Crippen molar-refractivity contribution >= 4 is 10.0 Å².